The second-order valence-electron chi connectivity index (χ2n) is 5.89. The number of nitrogens with zero attached hydrogens (tertiary/aromatic N) is 2. The number of halogens is 1. The largest absolute Gasteiger partial charge is 0.480 e. The maximum Gasteiger partial charge on any atom is 0.323 e. The molecule has 0 aromatic heterocycles. The Labute approximate surface area is 151 Å². The molecule has 0 spiro atoms. The molecule has 0 saturated carbocycles. The van der Waals surface area contributed by atoms with Gasteiger partial charge in [-0.1, -0.05) is 29.8 Å². The number of hydrogen-bond acceptors (Lipinski definition) is 4. The first kappa shape index (κ1) is 19.2. The van der Waals surface area contributed by atoms with Gasteiger partial charge in [-0.05, 0) is 11.6 Å². The summed E-state index contributed by atoms with van der Waals surface area (Å²) in [4.78, 5) is 37.8. The Bertz CT molecular complexity index is 652. The van der Waals surface area contributed by atoms with Crippen molar-refractivity contribution in [2.45, 2.75) is 19.4 Å². The molecule has 0 radical (unpaired) electrons. The van der Waals surface area contributed by atoms with E-state index in [-0.39, 0.29) is 31.3 Å². The van der Waals surface area contributed by atoms with Crippen molar-refractivity contribution in [3.05, 3.63) is 34.9 Å². The van der Waals surface area contributed by atoms with Crippen LogP contribution in [0.25, 0.3) is 0 Å². The van der Waals surface area contributed by atoms with Crippen LogP contribution in [0, 0.1) is 0 Å². The van der Waals surface area contributed by atoms with Crippen molar-refractivity contribution in [1.82, 2.24) is 9.80 Å². The molecule has 0 aliphatic carbocycles. The first-order chi connectivity index (χ1) is 11.9. The predicted molar refractivity (Wildman–Crippen MR) is 91.4 cm³/mol. The summed E-state index contributed by atoms with van der Waals surface area (Å²) in [5.74, 6) is -1.50. The van der Waals surface area contributed by atoms with Gasteiger partial charge in [-0.2, -0.15) is 0 Å². The van der Waals surface area contributed by atoms with E-state index in [4.69, 9.17) is 21.4 Å². The van der Waals surface area contributed by atoms with E-state index in [0.29, 0.717) is 24.7 Å². The molecule has 1 aliphatic rings. The highest BCUT2D eigenvalue weighted by atomic mass is 35.5. The summed E-state index contributed by atoms with van der Waals surface area (Å²) in [6.07, 6.45) is -0.218. The molecule has 1 heterocycles. The molecule has 1 saturated heterocycles. The highest BCUT2D eigenvalue weighted by Crippen LogP contribution is 2.17. The standard InChI is InChI=1S/C17H21ClN2O5/c1-12(21)20(11-17(23)24)10-14-9-19(6-7-25-14)16(22)8-13-4-2-3-5-15(13)18/h2-5,14H,6-11H2,1H3,(H,23,24). The van der Waals surface area contributed by atoms with Gasteiger partial charge in [0.05, 0.1) is 19.1 Å². The van der Waals surface area contributed by atoms with Crippen LogP contribution in [0.4, 0.5) is 0 Å². The Balaban J connectivity index is 1.95. The van der Waals surface area contributed by atoms with E-state index >= 15 is 0 Å². The average Bonchev–Trinajstić information content (AvgIpc) is 2.56. The Morgan fingerprint density at radius 3 is 2.72 bits per heavy atom. The predicted octanol–water partition coefficient (Wildman–Crippen LogP) is 1.04. The summed E-state index contributed by atoms with van der Waals surface area (Å²) in [7, 11) is 0. The summed E-state index contributed by atoms with van der Waals surface area (Å²) in [6, 6.07) is 7.18. The van der Waals surface area contributed by atoms with Crippen molar-refractivity contribution in [2.24, 2.45) is 0 Å². The third-order valence-electron chi connectivity index (χ3n) is 3.99. The van der Waals surface area contributed by atoms with Crippen LogP contribution in [0.1, 0.15) is 12.5 Å². The zero-order chi connectivity index (χ0) is 18.4. The summed E-state index contributed by atoms with van der Waals surface area (Å²) >= 11 is 6.09. The van der Waals surface area contributed by atoms with Crippen molar-refractivity contribution in [1.29, 1.82) is 0 Å². The molecule has 1 N–H and O–H groups in total. The molecule has 2 rings (SSSR count). The molecular formula is C17H21ClN2O5. The molecule has 1 aromatic carbocycles. The third kappa shape index (κ3) is 5.72. The lowest BCUT2D eigenvalue weighted by molar-refractivity contribution is -0.147. The molecule has 8 heteroatoms. The quantitative estimate of drug-likeness (QED) is 0.810. The minimum atomic E-state index is -1.09. The number of hydrogen-bond donors (Lipinski definition) is 1. The van der Waals surface area contributed by atoms with E-state index in [1.807, 2.05) is 12.1 Å². The molecule has 136 valence electrons. The molecule has 0 bridgehead atoms. The van der Waals surface area contributed by atoms with Gasteiger partial charge < -0.3 is 19.6 Å². The summed E-state index contributed by atoms with van der Waals surface area (Å²) in [6.45, 7) is 2.18. The smallest absolute Gasteiger partial charge is 0.323 e. The number of ether oxygens (including phenoxy) is 1. The normalized spacial score (nSPS) is 17.2. The van der Waals surface area contributed by atoms with Crippen LogP contribution in [-0.4, -0.2) is 71.6 Å². The van der Waals surface area contributed by atoms with Crippen LogP contribution < -0.4 is 0 Å². The number of amides is 2. The highest BCUT2D eigenvalue weighted by molar-refractivity contribution is 6.31. The van der Waals surface area contributed by atoms with Gasteiger partial charge in [0.2, 0.25) is 11.8 Å². The number of carbonyl (C=O) groups is 3. The first-order valence-corrected chi connectivity index (χ1v) is 8.34. The number of aliphatic carboxylic acids is 1. The van der Waals surface area contributed by atoms with Gasteiger partial charge in [-0.15, -0.1) is 0 Å². The van der Waals surface area contributed by atoms with Crippen LogP contribution >= 0.6 is 11.6 Å². The van der Waals surface area contributed by atoms with E-state index in [2.05, 4.69) is 0 Å². The Morgan fingerprint density at radius 1 is 1.36 bits per heavy atom. The number of carboxylic acids is 1. The zero-order valence-electron chi connectivity index (χ0n) is 14.0. The third-order valence-corrected chi connectivity index (χ3v) is 4.36. The molecule has 1 fully saturated rings. The first-order valence-electron chi connectivity index (χ1n) is 7.97. The van der Waals surface area contributed by atoms with Crippen LogP contribution in [0.15, 0.2) is 24.3 Å². The number of carbonyl (C=O) groups excluding carboxylic acids is 2. The molecular weight excluding hydrogens is 348 g/mol. The van der Waals surface area contributed by atoms with E-state index in [9.17, 15) is 14.4 Å². The van der Waals surface area contributed by atoms with Gasteiger partial charge in [-0.3, -0.25) is 14.4 Å². The lowest BCUT2D eigenvalue weighted by Crippen LogP contribution is -2.51. The summed E-state index contributed by atoms with van der Waals surface area (Å²) in [5, 5.41) is 9.43. The van der Waals surface area contributed by atoms with Crippen molar-refractivity contribution in [3.8, 4) is 0 Å². The van der Waals surface area contributed by atoms with E-state index in [1.165, 1.54) is 11.8 Å². The average molecular weight is 369 g/mol. The molecule has 2 amide bonds. The summed E-state index contributed by atoms with van der Waals surface area (Å²) in [5.41, 5.74) is 0.758. The van der Waals surface area contributed by atoms with Gasteiger partial charge in [0.15, 0.2) is 0 Å². The van der Waals surface area contributed by atoms with Crippen LogP contribution in [0.2, 0.25) is 5.02 Å². The molecule has 1 atom stereocenters. The fourth-order valence-corrected chi connectivity index (χ4v) is 2.89. The summed E-state index contributed by atoms with van der Waals surface area (Å²) < 4.78 is 5.59. The molecule has 1 aliphatic heterocycles. The van der Waals surface area contributed by atoms with Crippen molar-refractivity contribution >= 4 is 29.4 Å². The van der Waals surface area contributed by atoms with Gasteiger partial charge in [0, 0.05) is 31.6 Å². The lowest BCUT2D eigenvalue weighted by atomic mass is 10.1. The Morgan fingerprint density at radius 2 is 2.08 bits per heavy atom. The monoisotopic (exact) mass is 368 g/mol. The van der Waals surface area contributed by atoms with Crippen LogP contribution in [0.5, 0.6) is 0 Å². The van der Waals surface area contributed by atoms with Gasteiger partial charge >= 0.3 is 5.97 Å². The number of rotatable bonds is 6. The minimum Gasteiger partial charge on any atom is -0.480 e. The van der Waals surface area contributed by atoms with Crippen molar-refractivity contribution < 1.29 is 24.2 Å². The number of morpholine rings is 1. The minimum absolute atomic E-state index is 0.0750. The molecule has 7 nitrogen and oxygen atoms in total. The Kier molecular flexibility index (Phi) is 6.78. The number of benzene rings is 1. The maximum absolute atomic E-state index is 12.5. The Hall–Kier alpha value is -2.12. The van der Waals surface area contributed by atoms with E-state index in [0.717, 1.165) is 5.56 Å². The molecule has 1 aromatic rings. The second-order valence-corrected chi connectivity index (χ2v) is 6.30. The van der Waals surface area contributed by atoms with Gasteiger partial charge in [-0.25, -0.2) is 0 Å². The number of carboxylic acid groups (broad SMARTS) is 1. The van der Waals surface area contributed by atoms with E-state index < -0.39 is 12.1 Å². The second kappa shape index (κ2) is 8.82. The van der Waals surface area contributed by atoms with E-state index in [1.54, 1.807) is 17.0 Å². The maximum atomic E-state index is 12.5. The molecule has 25 heavy (non-hydrogen) atoms. The fourth-order valence-electron chi connectivity index (χ4n) is 2.69. The zero-order valence-corrected chi connectivity index (χ0v) is 14.7. The van der Waals surface area contributed by atoms with Crippen molar-refractivity contribution in [3.63, 3.8) is 0 Å². The fraction of sp³-hybridized carbons (Fsp3) is 0.471. The van der Waals surface area contributed by atoms with Crippen molar-refractivity contribution in [2.75, 3.05) is 32.8 Å². The molecule has 1 unspecified atom stereocenters. The lowest BCUT2D eigenvalue weighted by Gasteiger charge is -2.35. The topological polar surface area (TPSA) is 87.2 Å². The SMILES string of the molecule is CC(=O)N(CC(=O)O)CC1CN(C(=O)Cc2ccccc2Cl)CCO1. The van der Waals surface area contributed by atoms with Gasteiger partial charge in [0.25, 0.3) is 0 Å². The van der Waals surface area contributed by atoms with Gasteiger partial charge in [0.1, 0.15) is 6.54 Å². The van der Waals surface area contributed by atoms with Crippen LogP contribution in [-0.2, 0) is 25.5 Å². The highest BCUT2D eigenvalue weighted by Gasteiger charge is 2.27. The van der Waals surface area contributed by atoms with Crippen LogP contribution in [0.3, 0.4) is 0 Å².